The molecule has 11 heteroatoms. The standard InChI is InChI=1S/C15H14BrFN2O5S2/c1-24-14-6-5-11(16)9-10(14)7-8-25(20,21)19-13-4-2-3-12(17)15(13)26(18,22)23/h2-9,19H,1H3,(H2,18,22,23). The van der Waals surface area contributed by atoms with Gasteiger partial charge in [0.05, 0.1) is 18.2 Å². The highest BCUT2D eigenvalue weighted by Crippen LogP contribution is 2.26. The Morgan fingerprint density at radius 3 is 2.50 bits per heavy atom. The first-order valence-corrected chi connectivity index (χ1v) is 10.8. The topological polar surface area (TPSA) is 116 Å². The summed E-state index contributed by atoms with van der Waals surface area (Å²) in [4.78, 5) is -0.933. The summed E-state index contributed by atoms with van der Waals surface area (Å²) in [6, 6.07) is 8.09. The monoisotopic (exact) mass is 464 g/mol. The van der Waals surface area contributed by atoms with Gasteiger partial charge in [-0.3, -0.25) is 4.72 Å². The second-order valence-corrected chi connectivity index (χ2v) is 8.98. The van der Waals surface area contributed by atoms with Crippen LogP contribution in [-0.4, -0.2) is 23.9 Å². The predicted octanol–water partition coefficient (Wildman–Crippen LogP) is 2.66. The third-order valence-electron chi connectivity index (χ3n) is 3.12. The van der Waals surface area contributed by atoms with Gasteiger partial charge in [-0.15, -0.1) is 0 Å². The molecule has 2 rings (SSSR count). The molecule has 0 bridgehead atoms. The minimum atomic E-state index is -4.47. The normalized spacial score (nSPS) is 12.3. The van der Waals surface area contributed by atoms with Gasteiger partial charge in [-0.1, -0.05) is 22.0 Å². The van der Waals surface area contributed by atoms with Gasteiger partial charge >= 0.3 is 0 Å². The lowest BCUT2D eigenvalue weighted by molar-refractivity contribution is 0.414. The Morgan fingerprint density at radius 1 is 1.19 bits per heavy atom. The first-order valence-electron chi connectivity index (χ1n) is 6.89. The molecule has 0 heterocycles. The Bertz CT molecular complexity index is 1070. The van der Waals surface area contributed by atoms with Crippen molar-refractivity contribution >= 4 is 47.7 Å². The van der Waals surface area contributed by atoms with Crippen LogP contribution in [0.3, 0.4) is 0 Å². The van der Waals surface area contributed by atoms with Crippen molar-refractivity contribution in [3.05, 3.63) is 57.7 Å². The van der Waals surface area contributed by atoms with Crippen molar-refractivity contribution in [2.45, 2.75) is 4.90 Å². The average Bonchev–Trinajstić information content (AvgIpc) is 2.51. The Balaban J connectivity index is 2.40. The number of halogens is 2. The molecule has 0 saturated heterocycles. The molecule has 3 N–H and O–H groups in total. The molecule has 0 aliphatic heterocycles. The van der Waals surface area contributed by atoms with Gasteiger partial charge in [0.15, 0.2) is 0 Å². The fraction of sp³-hybridized carbons (Fsp3) is 0.0667. The summed E-state index contributed by atoms with van der Waals surface area (Å²) in [5, 5.41) is 5.76. The van der Waals surface area contributed by atoms with Crippen LogP contribution in [0.25, 0.3) is 6.08 Å². The van der Waals surface area contributed by atoms with E-state index in [1.54, 1.807) is 18.2 Å². The van der Waals surface area contributed by atoms with E-state index in [-0.39, 0.29) is 0 Å². The van der Waals surface area contributed by atoms with Crippen molar-refractivity contribution in [3.8, 4) is 5.75 Å². The number of methoxy groups -OCH3 is 1. The van der Waals surface area contributed by atoms with Crippen LogP contribution < -0.4 is 14.6 Å². The molecule has 2 aromatic carbocycles. The van der Waals surface area contributed by atoms with Gasteiger partial charge in [0, 0.05) is 10.0 Å². The van der Waals surface area contributed by atoms with E-state index >= 15 is 0 Å². The lowest BCUT2D eigenvalue weighted by atomic mass is 10.2. The first-order chi connectivity index (χ1) is 12.0. The number of hydrogen-bond donors (Lipinski definition) is 2. The summed E-state index contributed by atoms with van der Waals surface area (Å²) in [5.74, 6) is -0.735. The zero-order valence-electron chi connectivity index (χ0n) is 13.3. The van der Waals surface area contributed by atoms with Crippen LogP contribution in [-0.2, 0) is 20.0 Å². The van der Waals surface area contributed by atoms with Crippen molar-refractivity contribution in [2.24, 2.45) is 5.14 Å². The number of primary sulfonamides is 1. The Morgan fingerprint density at radius 2 is 1.88 bits per heavy atom. The minimum Gasteiger partial charge on any atom is -0.496 e. The Hall–Kier alpha value is -1.95. The van der Waals surface area contributed by atoms with Gasteiger partial charge in [0.2, 0.25) is 10.0 Å². The zero-order chi connectivity index (χ0) is 19.5. The van der Waals surface area contributed by atoms with E-state index < -0.39 is 36.4 Å². The van der Waals surface area contributed by atoms with Crippen LogP contribution in [0.5, 0.6) is 5.75 Å². The number of hydrogen-bond acceptors (Lipinski definition) is 5. The maximum atomic E-state index is 13.8. The van der Waals surface area contributed by atoms with Gasteiger partial charge in [-0.05, 0) is 36.4 Å². The smallest absolute Gasteiger partial charge is 0.255 e. The third kappa shape index (κ3) is 5.04. The summed E-state index contributed by atoms with van der Waals surface area (Å²) in [6.07, 6.45) is 1.25. The van der Waals surface area contributed by atoms with Crippen molar-refractivity contribution in [2.75, 3.05) is 11.8 Å². The number of nitrogens with two attached hydrogens (primary N) is 1. The summed E-state index contributed by atoms with van der Waals surface area (Å²) < 4.78 is 69.1. The molecule has 0 aliphatic rings. The van der Waals surface area contributed by atoms with Crippen molar-refractivity contribution in [1.29, 1.82) is 0 Å². The first kappa shape index (κ1) is 20.4. The van der Waals surface area contributed by atoms with Gasteiger partial charge in [-0.25, -0.2) is 26.4 Å². The second kappa shape index (κ2) is 7.74. The van der Waals surface area contributed by atoms with Crippen molar-refractivity contribution in [1.82, 2.24) is 0 Å². The van der Waals surface area contributed by atoms with Crippen molar-refractivity contribution < 1.29 is 26.0 Å². The molecule has 2 aromatic rings. The molecule has 0 amide bonds. The molecule has 0 atom stereocenters. The summed E-state index contributed by atoms with van der Waals surface area (Å²) in [6.45, 7) is 0. The Labute approximate surface area is 158 Å². The molecule has 0 aliphatic carbocycles. The average molecular weight is 465 g/mol. The van der Waals surface area contributed by atoms with Crippen LogP contribution in [0.15, 0.2) is 51.2 Å². The van der Waals surface area contributed by atoms with Gasteiger partial charge in [0.1, 0.15) is 16.5 Å². The summed E-state index contributed by atoms with van der Waals surface area (Å²) >= 11 is 3.26. The largest absolute Gasteiger partial charge is 0.496 e. The van der Waals surface area contributed by atoms with E-state index in [0.717, 1.165) is 23.6 Å². The van der Waals surface area contributed by atoms with Gasteiger partial charge < -0.3 is 4.74 Å². The number of rotatable bonds is 6. The number of anilines is 1. The zero-order valence-corrected chi connectivity index (χ0v) is 16.5. The number of ether oxygens (including phenoxy) is 1. The Kier molecular flexibility index (Phi) is 6.06. The quantitative estimate of drug-likeness (QED) is 0.681. The second-order valence-electron chi connectivity index (χ2n) is 5.00. The molecular formula is C15H14BrFN2O5S2. The van der Waals surface area contributed by atoms with Crippen LogP contribution in [0.1, 0.15) is 5.56 Å². The number of sulfonamides is 2. The third-order valence-corrected chi connectivity index (χ3v) is 5.60. The van der Waals surface area contributed by atoms with E-state index in [2.05, 4.69) is 15.9 Å². The molecule has 140 valence electrons. The molecular weight excluding hydrogens is 451 g/mol. The van der Waals surface area contributed by atoms with Gasteiger partial charge in [-0.2, -0.15) is 0 Å². The van der Waals surface area contributed by atoms with E-state index in [4.69, 9.17) is 9.88 Å². The molecule has 0 radical (unpaired) electrons. The molecule has 7 nitrogen and oxygen atoms in total. The van der Waals surface area contributed by atoms with Crippen LogP contribution in [0.4, 0.5) is 10.1 Å². The highest BCUT2D eigenvalue weighted by molar-refractivity contribution is 9.10. The van der Waals surface area contributed by atoms with E-state index in [1.165, 1.54) is 13.2 Å². The molecule has 26 heavy (non-hydrogen) atoms. The molecule has 0 saturated carbocycles. The SMILES string of the molecule is COc1ccc(Br)cc1C=CS(=O)(=O)Nc1cccc(F)c1S(N)(=O)=O. The molecule has 0 spiro atoms. The molecule has 0 aromatic heterocycles. The lowest BCUT2D eigenvalue weighted by Gasteiger charge is -2.10. The van der Waals surface area contributed by atoms with Crippen molar-refractivity contribution in [3.63, 3.8) is 0 Å². The highest BCUT2D eigenvalue weighted by atomic mass is 79.9. The number of nitrogens with one attached hydrogen (secondary N) is 1. The van der Waals surface area contributed by atoms with E-state index in [1.807, 2.05) is 4.72 Å². The fourth-order valence-electron chi connectivity index (χ4n) is 2.06. The fourth-order valence-corrected chi connectivity index (χ4v) is 4.14. The molecule has 0 unspecified atom stereocenters. The molecule has 0 fully saturated rings. The minimum absolute atomic E-state index is 0.427. The van der Waals surface area contributed by atoms with Crippen LogP contribution in [0.2, 0.25) is 0 Å². The predicted molar refractivity (Wildman–Crippen MR) is 100 cm³/mol. The van der Waals surface area contributed by atoms with Gasteiger partial charge in [0.25, 0.3) is 10.0 Å². The maximum absolute atomic E-state index is 13.8. The summed E-state index contributed by atoms with van der Waals surface area (Å²) in [5.41, 5.74) is -0.0310. The number of benzene rings is 2. The highest BCUT2D eigenvalue weighted by Gasteiger charge is 2.21. The van der Waals surface area contributed by atoms with E-state index in [9.17, 15) is 21.2 Å². The van der Waals surface area contributed by atoms with Crippen LogP contribution in [0, 0.1) is 5.82 Å². The maximum Gasteiger partial charge on any atom is 0.255 e. The van der Waals surface area contributed by atoms with E-state index in [0.29, 0.717) is 15.8 Å². The summed E-state index contributed by atoms with van der Waals surface area (Å²) in [7, 11) is -7.20. The lowest BCUT2D eigenvalue weighted by Crippen LogP contribution is -2.19. The van der Waals surface area contributed by atoms with Crippen LogP contribution >= 0.6 is 15.9 Å².